The summed E-state index contributed by atoms with van der Waals surface area (Å²) in [4.78, 5) is 17.2. The molecule has 1 aliphatic rings. The van der Waals surface area contributed by atoms with Crippen molar-refractivity contribution >= 4 is 23.4 Å². The highest BCUT2D eigenvalue weighted by molar-refractivity contribution is 6.32. The number of ether oxygens (including phenoxy) is 1. The van der Waals surface area contributed by atoms with Gasteiger partial charge in [-0.3, -0.25) is 0 Å². The summed E-state index contributed by atoms with van der Waals surface area (Å²) in [5.41, 5.74) is 0.0490. The third-order valence-electron chi connectivity index (χ3n) is 3.55. The lowest BCUT2D eigenvalue weighted by Gasteiger charge is -2.18. The van der Waals surface area contributed by atoms with Crippen LogP contribution in [0.3, 0.4) is 0 Å². The molecule has 1 N–H and O–H groups in total. The number of rotatable bonds is 4. The Hall–Kier alpha value is -2.27. The zero-order valence-electron chi connectivity index (χ0n) is 11.8. The molecule has 22 heavy (non-hydrogen) atoms. The van der Waals surface area contributed by atoms with Crippen LogP contribution in [0.4, 0.5) is 5.82 Å². The Kier molecular flexibility index (Phi) is 4.15. The number of carbonyl (C=O) groups is 1. The smallest absolute Gasteiger partial charge is 0.354 e. The molecule has 1 atom stereocenters. The van der Waals surface area contributed by atoms with Gasteiger partial charge in [-0.1, -0.05) is 29.8 Å². The van der Waals surface area contributed by atoms with Crippen LogP contribution in [0.1, 0.15) is 16.9 Å². The number of halogens is 1. The number of carboxylic acid groups (broad SMARTS) is 1. The van der Waals surface area contributed by atoms with Crippen LogP contribution in [0, 0.1) is 0 Å². The van der Waals surface area contributed by atoms with Crippen molar-refractivity contribution in [3.63, 3.8) is 0 Å². The number of hydrogen-bond acceptors (Lipinski definition) is 4. The fourth-order valence-corrected chi connectivity index (χ4v) is 2.65. The Morgan fingerprint density at radius 1 is 1.27 bits per heavy atom. The minimum absolute atomic E-state index is 0.00943. The van der Waals surface area contributed by atoms with Gasteiger partial charge in [0.1, 0.15) is 17.7 Å². The first-order valence-electron chi connectivity index (χ1n) is 7.00. The number of pyridine rings is 1. The number of nitrogens with zero attached hydrogens (tertiary/aromatic N) is 2. The van der Waals surface area contributed by atoms with Crippen molar-refractivity contribution in [2.45, 2.75) is 12.5 Å². The van der Waals surface area contributed by atoms with E-state index in [1.807, 2.05) is 29.2 Å². The highest BCUT2D eigenvalue weighted by Crippen LogP contribution is 2.27. The van der Waals surface area contributed by atoms with E-state index in [9.17, 15) is 4.79 Å². The second-order valence-electron chi connectivity index (χ2n) is 5.09. The average Bonchev–Trinajstić information content (AvgIpc) is 2.98. The maximum Gasteiger partial charge on any atom is 0.354 e. The molecule has 6 heteroatoms. The average molecular weight is 319 g/mol. The van der Waals surface area contributed by atoms with E-state index in [0.717, 1.165) is 13.0 Å². The molecule has 0 amide bonds. The first kappa shape index (κ1) is 14.7. The lowest BCUT2D eigenvalue weighted by atomic mass is 10.3. The van der Waals surface area contributed by atoms with Gasteiger partial charge in [-0.25, -0.2) is 9.78 Å². The van der Waals surface area contributed by atoms with E-state index in [0.29, 0.717) is 23.1 Å². The lowest BCUT2D eigenvalue weighted by molar-refractivity contribution is 0.0690. The topological polar surface area (TPSA) is 62.7 Å². The van der Waals surface area contributed by atoms with Crippen LogP contribution in [0.5, 0.6) is 5.75 Å². The van der Waals surface area contributed by atoms with Crippen LogP contribution in [0.25, 0.3) is 0 Å². The number of hydrogen-bond donors (Lipinski definition) is 1. The van der Waals surface area contributed by atoms with Gasteiger partial charge in [0.15, 0.2) is 5.69 Å². The van der Waals surface area contributed by atoms with Crippen molar-refractivity contribution in [2.24, 2.45) is 0 Å². The molecule has 114 valence electrons. The first-order chi connectivity index (χ1) is 10.6. The molecule has 2 aromatic rings. The van der Waals surface area contributed by atoms with Crippen molar-refractivity contribution < 1.29 is 14.6 Å². The fraction of sp³-hybridized carbons (Fsp3) is 0.250. The van der Waals surface area contributed by atoms with E-state index in [1.54, 1.807) is 12.1 Å². The normalized spacial score (nSPS) is 17.5. The van der Waals surface area contributed by atoms with Crippen LogP contribution in [0.15, 0.2) is 42.5 Å². The standard InChI is InChI=1S/C16H15ClN2O3/c17-12-4-1-2-6-14(12)22-11-8-9-19(10-11)15-7-3-5-13(18-15)16(20)21/h1-7,11H,8-10H2,(H,20,21). The van der Waals surface area contributed by atoms with Crippen molar-refractivity contribution in [1.29, 1.82) is 0 Å². The molecule has 1 aliphatic heterocycles. The zero-order valence-corrected chi connectivity index (χ0v) is 12.5. The molecule has 0 bridgehead atoms. The van der Waals surface area contributed by atoms with E-state index < -0.39 is 5.97 Å². The summed E-state index contributed by atoms with van der Waals surface area (Å²) in [6, 6.07) is 12.4. The van der Waals surface area contributed by atoms with Crippen LogP contribution >= 0.6 is 11.6 Å². The molecule has 0 aliphatic carbocycles. The van der Waals surface area contributed by atoms with Gasteiger partial charge in [0.2, 0.25) is 0 Å². The summed E-state index contributed by atoms with van der Waals surface area (Å²) in [6.45, 7) is 1.42. The molecular weight excluding hydrogens is 304 g/mol. The van der Waals surface area contributed by atoms with E-state index >= 15 is 0 Å². The van der Waals surface area contributed by atoms with Crippen LogP contribution in [-0.4, -0.2) is 35.3 Å². The van der Waals surface area contributed by atoms with Gasteiger partial charge in [0.25, 0.3) is 0 Å². The molecule has 1 aromatic carbocycles. The second kappa shape index (κ2) is 6.23. The lowest BCUT2D eigenvalue weighted by Crippen LogP contribution is -2.25. The first-order valence-corrected chi connectivity index (χ1v) is 7.38. The Morgan fingerprint density at radius 3 is 2.86 bits per heavy atom. The summed E-state index contributed by atoms with van der Waals surface area (Å²) in [7, 11) is 0. The van der Waals surface area contributed by atoms with Crippen LogP contribution in [-0.2, 0) is 0 Å². The van der Waals surface area contributed by atoms with Crippen LogP contribution in [0.2, 0.25) is 5.02 Å². The Labute approximate surface area is 133 Å². The highest BCUT2D eigenvalue weighted by atomic mass is 35.5. The molecule has 2 heterocycles. The van der Waals surface area contributed by atoms with Gasteiger partial charge < -0.3 is 14.7 Å². The highest BCUT2D eigenvalue weighted by Gasteiger charge is 2.26. The number of carboxylic acids is 1. The second-order valence-corrected chi connectivity index (χ2v) is 5.50. The maximum atomic E-state index is 11.0. The molecule has 1 unspecified atom stereocenters. The monoisotopic (exact) mass is 318 g/mol. The van der Waals surface area contributed by atoms with E-state index in [4.69, 9.17) is 21.4 Å². The molecule has 1 aromatic heterocycles. The Bertz CT molecular complexity index is 693. The summed E-state index contributed by atoms with van der Waals surface area (Å²) in [5, 5.41) is 9.60. The van der Waals surface area contributed by atoms with E-state index in [1.165, 1.54) is 6.07 Å². The molecule has 1 fully saturated rings. The molecular formula is C16H15ClN2O3. The number of aromatic carboxylic acids is 1. The Morgan fingerprint density at radius 2 is 2.09 bits per heavy atom. The van der Waals surface area contributed by atoms with Gasteiger partial charge in [-0.2, -0.15) is 0 Å². The van der Waals surface area contributed by atoms with E-state index in [-0.39, 0.29) is 11.8 Å². The van der Waals surface area contributed by atoms with Gasteiger partial charge in [-0.15, -0.1) is 0 Å². The summed E-state index contributed by atoms with van der Waals surface area (Å²) in [5.74, 6) is 0.304. The quantitative estimate of drug-likeness (QED) is 0.938. The summed E-state index contributed by atoms with van der Waals surface area (Å²) < 4.78 is 5.92. The number of anilines is 1. The molecule has 0 saturated carbocycles. The fourth-order valence-electron chi connectivity index (χ4n) is 2.47. The Balaban J connectivity index is 1.69. The SMILES string of the molecule is O=C(O)c1cccc(N2CCC(Oc3ccccc3Cl)C2)n1. The third-order valence-corrected chi connectivity index (χ3v) is 3.87. The van der Waals surface area contributed by atoms with Crippen molar-refractivity contribution in [1.82, 2.24) is 4.98 Å². The summed E-state index contributed by atoms with van der Waals surface area (Å²) >= 11 is 6.10. The predicted molar refractivity (Wildman–Crippen MR) is 83.9 cm³/mol. The molecule has 3 rings (SSSR count). The van der Waals surface area contributed by atoms with Gasteiger partial charge in [0, 0.05) is 13.0 Å². The minimum atomic E-state index is -1.02. The maximum absolute atomic E-state index is 11.0. The number of benzene rings is 1. The molecule has 0 radical (unpaired) electrons. The largest absolute Gasteiger partial charge is 0.487 e. The molecule has 0 spiro atoms. The summed E-state index contributed by atoms with van der Waals surface area (Å²) in [6.07, 6.45) is 0.847. The van der Waals surface area contributed by atoms with Crippen molar-refractivity contribution in [3.8, 4) is 5.75 Å². The van der Waals surface area contributed by atoms with Crippen LogP contribution < -0.4 is 9.64 Å². The van der Waals surface area contributed by atoms with Crippen molar-refractivity contribution in [2.75, 3.05) is 18.0 Å². The molecule has 1 saturated heterocycles. The molecule has 5 nitrogen and oxygen atoms in total. The third kappa shape index (κ3) is 3.14. The zero-order chi connectivity index (χ0) is 15.5. The minimum Gasteiger partial charge on any atom is -0.487 e. The van der Waals surface area contributed by atoms with Gasteiger partial charge in [0.05, 0.1) is 11.6 Å². The van der Waals surface area contributed by atoms with Gasteiger partial charge >= 0.3 is 5.97 Å². The van der Waals surface area contributed by atoms with Crippen molar-refractivity contribution in [3.05, 3.63) is 53.2 Å². The number of para-hydroxylation sites is 1. The van der Waals surface area contributed by atoms with Gasteiger partial charge in [-0.05, 0) is 24.3 Å². The number of aromatic nitrogens is 1. The van der Waals surface area contributed by atoms with E-state index in [2.05, 4.69) is 4.98 Å². The predicted octanol–water partition coefficient (Wildman–Crippen LogP) is 3.09.